The molecule has 1 aliphatic rings. The minimum atomic E-state index is 0.140. The molecule has 0 aliphatic carbocycles. The van der Waals surface area contributed by atoms with E-state index in [1.54, 1.807) is 7.11 Å². The van der Waals surface area contributed by atoms with Gasteiger partial charge in [0, 0.05) is 36.9 Å². The van der Waals surface area contributed by atoms with Gasteiger partial charge in [-0.3, -0.25) is 0 Å². The van der Waals surface area contributed by atoms with E-state index in [0.717, 1.165) is 31.8 Å². The van der Waals surface area contributed by atoms with E-state index in [0.29, 0.717) is 0 Å². The molecule has 100 valence electrons. The Morgan fingerprint density at radius 2 is 2.17 bits per heavy atom. The fourth-order valence-corrected chi connectivity index (χ4v) is 2.54. The first-order valence-electron chi connectivity index (χ1n) is 6.72. The standard InChI is InChI=1S/C15H24N2O/c1-5-8-17-11-15(2,3)16-10-12-6-7-13(18-4)9-14(12)17/h6-7,9,16H,5,8,10-11H2,1-4H3. The van der Waals surface area contributed by atoms with Crippen molar-refractivity contribution >= 4 is 5.69 Å². The highest BCUT2D eigenvalue weighted by Gasteiger charge is 2.26. The largest absolute Gasteiger partial charge is 0.497 e. The maximum absolute atomic E-state index is 5.35. The van der Waals surface area contributed by atoms with Crippen LogP contribution >= 0.6 is 0 Å². The Morgan fingerprint density at radius 1 is 1.39 bits per heavy atom. The molecule has 0 aromatic heterocycles. The molecule has 18 heavy (non-hydrogen) atoms. The van der Waals surface area contributed by atoms with Crippen molar-refractivity contribution in [3.8, 4) is 5.75 Å². The molecule has 1 aromatic carbocycles. The Morgan fingerprint density at radius 3 is 2.83 bits per heavy atom. The zero-order valence-corrected chi connectivity index (χ0v) is 11.9. The van der Waals surface area contributed by atoms with Crippen LogP contribution in [0.3, 0.4) is 0 Å². The molecule has 0 amide bonds. The van der Waals surface area contributed by atoms with Gasteiger partial charge in [-0.05, 0) is 31.9 Å². The van der Waals surface area contributed by atoms with Gasteiger partial charge in [0.2, 0.25) is 0 Å². The average molecular weight is 248 g/mol. The molecule has 2 rings (SSSR count). The van der Waals surface area contributed by atoms with Crippen molar-refractivity contribution in [2.75, 3.05) is 25.1 Å². The van der Waals surface area contributed by atoms with Crippen molar-refractivity contribution < 1.29 is 4.74 Å². The predicted octanol–water partition coefficient (Wildman–Crippen LogP) is 2.79. The Labute approximate surface area is 110 Å². The number of fused-ring (bicyclic) bond motifs is 1. The second-order valence-corrected chi connectivity index (χ2v) is 5.65. The first kappa shape index (κ1) is 13.2. The molecule has 1 N–H and O–H groups in total. The molecule has 0 unspecified atom stereocenters. The molecule has 0 bridgehead atoms. The molecule has 0 spiro atoms. The number of hydrogen-bond acceptors (Lipinski definition) is 3. The lowest BCUT2D eigenvalue weighted by Gasteiger charge is -2.32. The van der Waals surface area contributed by atoms with E-state index in [-0.39, 0.29) is 5.54 Å². The van der Waals surface area contributed by atoms with E-state index in [1.165, 1.54) is 11.3 Å². The van der Waals surface area contributed by atoms with Crippen LogP contribution in [-0.2, 0) is 6.54 Å². The van der Waals surface area contributed by atoms with Crippen LogP contribution in [0.1, 0.15) is 32.8 Å². The van der Waals surface area contributed by atoms with E-state index >= 15 is 0 Å². The summed E-state index contributed by atoms with van der Waals surface area (Å²) in [7, 11) is 1.73. The Hall–Kier alpha value is -1.22. The Balaban J connectivity index is 2.38. The second-order valence-electron chi connectivity index (χ2n) is 5.65. The predicted molar refractivity (Wildman–Crippen MR) is 76.4 cm³/mol. The summed E-state index contributed by atoms with van der Waals surface area (Å²) in [5.74, 6) is 0.939. The van der Waals surface area contributed by atoms with Gasteiger partial charge in [0.05, 0.1) is 7.11 Å². The SMILES string of the molecule is CCCN1CC(C)(C)NCc2ccc(OC)cc21. The van der Waals surface area contributed by atoms with Crippen molar-refractivity contribution in [3.05, 3.63) is 23.8 Å². The lowest BCUT2D eigenvalue weighted by atomic mass is 10.1. The molecule has 0 radical (unpaired) electrons. The van der Waals surface area contributed by atoms with Gasteiger partial charge in [-0.25, -0.2) is 0 Å². The first-order chi connectivity index (χ1) is 8.55. The summed E-state index contributed by atoms with van der Waals surface area (Å²) < 4.78 is 5.35. The van der Waals surface area contributed by atoms with Crippen LogP contribution in [0.25, 0.3) is 0 Å². The Bertz CT molecular complexity index is 415. The fraction of sp³-hybridized carbons (Fsp3) is 0.600. The van der Waals surface area contributed by atoms with Crippen molar-refractivity contribution in [2.24, 2.45) is 0 Å². The number of nitrogens with zero attached hydrogens (tertiary/aromatic N) is 1. The van der Waals surface area contributed by atoms with Gasteiger partial charge in [-0.2, -0.15) is 0 Å². The Kier molecular flexibility index (Phi) is 3.81. The van der Waals surface area contributed by atoms with Crippen LogP contribution in [0.4, 0.5) is 5.69 Å². The van der Waals surface area contributed by atoms with Crippen LogP contribution in [0.15, 0.2) is 18.2 Å². The van der Waals surface area contributed by atoms with Gasteiger partial charge in [0.25, 0.3) is 0 Å². The lowest BCUT2D eigenvalue weighted by Crippen LogP contribution is -2.46. The molecule has 3 heteroatoms. The average Bonchev–Trinajstić information content (AvgIpc) is 2.47. The summed E-state index contributed by atoms with van der Waals surface area (Å²) in [5.41, 5.74) is 2.81. The summed E-state index contributed by atoms with van der Waals surface area (Å²) in [6, 6.07) is 6.38. The third kappa shape index (κ3) is 2.78. The van der Waals surface area contributed by atoms with Crippen molar-refractivity contribution in [3.63, 3.8) is 0 Å². The summed E-state index contributed by atoms with van der Waals surface area (Å²) >= 11 is 0. The summed E-state index contributed by atoms with van der Waals surface area (Å²) in [4.78, 5) is 2.47. The van der Waals surface area contributed by atoms with Crippen LogP contribution in [0, 0.1) is 0 Å². The van der Waals surface area contributed by atoms with Gasteiger partial charge in [-0.1, -0.05) is 13.0 Å². The van der Waals surface area contributed by atoms with Gasteiger partial charge in [0.15, 0.2) is 0 Å². The molecule has 1 aliphatic heterocycles. The van der Waals surface area contributed by atoms with E-state index in [1.807, 2.05) is 6.07 Å². The molecular weight excluding hydrogens is 224 g/mol. The van der Waals surface area contributed by atoms with Crippen LogP contribution in [0.2, 0.25) is 0 Å². The van der Waals surface area contributed by atoms with Gasteiger partial charge in [0.1, 0.15) is 5.75 Å². The highest BCUT2D eigenvalue weighted by molar-refractivity contribution is 5.58. The van der Waals surface area contributed by atoms with Crippen molar-refractivity contribution in [1.82, 2.24) is 5.32 Å². The molecular formula is C15H24N2O. The highest BCUT2D eigenvalue weighted by atomic mass is 16.5. The van der Waals surface area contributed by atoms with Gasteiger partial charge >= 0.3 is 0 Å². The minimum absolute atomic E-state index is 0.140. The van der Waals surface area contributed by atoms with Gasteiger partial charge < -0.3 is 15.0 Å². The molecule has 0 atom stereocenters. The van der Waals surface area contributed by atoms with E-state index in [2.05, 4.69) is 43.1 Å². The quantitative estimate of drug-likeness (QED) is 0.890. The summed E-state index contributed by atoms with van der Waals surface area (Å²) in [6.07, 6.45) is 1.16. The van der Waals surface area contributed by atoms with Crippen molar-refractivity contribution in [1.29, 1.82) is 0 Å². The molecule has 3 nitrogen and oxygen atoms in total. The van der Waals surface area contributed by atoms with E-state index in [4.69, 9.17) is 4.74 Å². The van der Waals surface area contributed by atoms with Crippen molar-refractivity contribution in [2.45, 2.75) is 39.3 Å². The zero-order chi connectivity index (χ0) is 13.2. The molecule has 0 saturated carbocycles. The molecule has 1 aromatic rings. The van der Waals surface area contributed by atoms with Crippen LogP contribution in [0.5, 0.6) is 5.75 Å². The number of ether oxygens (including phenoxy) is 1. The number of nitrogens with one attached hydrogen (secondary N) is 1. The number of methoxy groups -OCH3 is 1. The van der Waals surface area contributed by atoms with E-state index in [9.17, 15) is 0 Å². The zero-order valence-electron chi connectivity index (χ0n) is 11.9. The first-order valence-corrected chi connectivity index (χ1v) is 6.72. The molecule has 1 heterocycles. The summed E-state index contributed by atoms with van der Waals surface area (Å²) in [5, 5.41) is 3.62. The normalized spacial score (nSPS) is 18.1. The smallest absolute Gasteiger partial charge is 0.120 e. The van der Waals surface area contributed by atoms with E-state index < -0.39 is 0 Å². The summed E-state index contributed by atoms with van der Waals surface area (Å²) in [6.45, 7) is 9.79. The topological polar surface area (TPSA) is 24.5 Å². The monoisotopic (exact) mass is 248 g/mol. The number of hydrogen-bond donors (Lipinski definition) is 1. The third-order valence-corrected chi connectivity index (χ3v) is 3.47. The number of benzene rings is 1. The minimum Gasteiger partial charge on any atom is -0.497 e. The molecule has 0 saturated heterocycles. The van der Waals surface area contributed by atoms with Crippen LogP contribution < -0.4 is 15.0 Å². The highest BCUT2D eigenvalue weighted by Crippen LogP contribution is 2.30. The maximum atomic E-state index is 5.35. The molecule has 0 fully saturated rings. The fourth-order valence-electron chi connectivity index (χ4n) is 2.54. The second kappa shape index (κ2) is 5.19. The third-order valence-electron chi connectivity index (χ3n) is 3.47. The van der Waals surface area contributed by atoms with Gasteiger partial charge in [-0.15, -0.1) is 0 Å². The lowest BCUT2D eigenvalue weighted by molar-refractivity contribution is 0.395. The maximum Gasteiger partial charge on any atom is 0.120 e. The van der Waals surface area contributed by atoms with Crippen LogP contribution in [-0.4, -0.2) is 25.7 Å². The number of rotatable bonds is 3. The number of anilines is 1.